The molecule has 1 saturated heterocycles. The van der Waals surface area contributed by atoms with Crippen LogP contribution in [-0.2, 0) is 14.6 Å². The van der Waals surface area contributed by atoms with Gasteiger partial charge in [0.25, 0.3) is 0 Å². The Labute approximate surface area is 193 Å². The SMILES string of the molecule is CCOc1cc([C@H](CS(C)(=O)=O)n2c(=O)[nH]c3c(C4CCOCC4)cccc32)ccc1OC. The Hall–Kier alpha value is -2.78. The third kappa shape index (κ3) is 4.94. The van der Waals surface area contributed by atoms with E-state index in [1.54, 1.807) is 29.9 Å². The van der Waals surface area contributed by atoms with Crippen molar-refractivity contribution in [1.82, 2.24) is 9.55 Å². The monoisotopic (exact) mass is 474 g/mol. The minimum Gasteiger partial charge on any atom is -0.493 e. The minimum absolute atomic E-state index is 0.223. The Morgan fingerprint density at radius 2 is 1.94 bits per heavy atom. The maximum atomic E-state index is 13.2. The Morgan fingerprint density at radius 3 is 2.61 bits per heavy atom. The normalized spacial score (nSPS) is 16.1. The topological polar surface area (TPSA) is 99.6 Å². The first-order chi connectivity index (χ1) is 15.8. The molecule has 178 valence electrons. The molecule has 4 rings (SSSR count). The maximum absolute atomic E-state index is 13.2. The third-order valence-corrected chi connectivity index (χ3v) is 7.01. The van der Waals surface area contributed by atoms with Gasteiger partial charge in [-0.15, -0.1) is 0 Å². The molecule has 3 aromatic rings. The second-order valence-electron chi connectivity index (χ2n) is 8.38. The van der Waals surface area contributed by atoms with Crippen molar-refractivity contribution >= 4 is 20.9 Å². The van der Waals surface area contributed by atoms with Crippen LogP contribution in [0.1, 0.15) is 42.9 Å². The van der Waals surface area contributed by atoms with Gasteiger partial charge >= 0.3 is 5.69 Å². The van der Waals surface area contributed by atoms with Gasteiger partial charge in [0.05, 0.1) is 36.5 Å². The number of aromatic amines is 1. The zero-order valence-corrected chi connectivity index (χ0v) is 20.0. The van der Waals surface area contributed by atoms with E-state index < -0.39 is 15.9 Å². The second kappa shape index (κ2) is 9.61. The molecule has 1 atom stereocenters. The van der Waals surface area contributed by atoms with E-state index in [1.807, 2.05) is 25.1 Å². The molecule has 2 heterocycles. The molecular weight excluding hydrogens is 444 g/mol. The number of para-hydroxylation sites is 1. The van der Waals surface area contributed by atoms with Crippen LogP contribution in [0, 0.1) is 0 Å². The highest BCUT2D eigenvalue weighted by Gasteiger charge is 2.27. The Balaban J connectivity index is 1.88. The number of aromatic nitrogens is 2. The summed E-state index contributed by atoms with van der Waals surface area (Å²) < 4.78 is 42.9. The predicted molar refractivity (Wildman–Crippen MR) is 127 cm³/mol. The van der Waals surface area contributed by atoms with Gasteiger partial charge in [0.2, 0.25) is 0 Å². The summed E-state index contributed by atoms with van der Waals surface area (Å²) in [7, 11) is -1.87. The van der Waals surface area contributed by atoms with E-state index in [1.165, 1.54) is 6.26 Å². The number of benzene rings is 2. The molecule has 0 bridgehead atoms. The van der Waals surface area contributed by atoms with Crippen LogP contribution in [0.2, 0.25) is 0 Å². The standard InChI is InChI=1S/C24H30N2O6S/c1-4-32-22-14-17(8-9-21(22)30-2)20(15-33(3,28)29)26-19-7-5-6-18(23(19)25-24(26)27)16-10-12-31-13-11-16/h5-9,14,16,20H,4,10-13,15H2,1-3H3,(H,25,27)/t20-/m0/s1. The molecule has 9 heteroatoms. The molecule has 1 aliphatic heterocycles. The molecule has 0 spiro atoms. The maximum Gasteiger partial charge on any atom is 0.327 e. The molecule has 0 saturated carbocycles. The van der Waals surface area contributed by atoms with E-state index >= 15 is 0 Å². The number of nitrogens with one attached hydrogen (secondary N) is 1. The highest BCUT2D eigenvalue weighted by atomic mass is 32.2. The van der Waals surface area contributed by atoms with E-state index in [-0.39, 0.29) is 17.4 Å². The lowest BCUT2D eigenvalue weighted by molar-refractivity contribution is 0.0856. The molecule has 0 unspecified atom stereocenters. The van der Waals surface area contributed by atoms with Crippen LogP contribution in [0.5, 0.6) is 11.5 Å². The van der Waals surface area contributed by atoms with Crippen LogP contribution in [0.4, 0.5) is 0 Å². The van der Waals surface area contributed by atoms with Gasteiger partial charge in [-0.1, -0.05) is 18.2 Å². The summed E-state index contributed by atoms with van der Waals surface area (Å²) in [5, 5.41) is 0. The number of rotatable bonds is 8. The highest BCUT2D eigenvalue weighted by Crippen LogP contribution is 2.35. The first kappa shape index (κ1) is 23.4. The van der Waals surface area contributed by atoms with E-state index in [9.17, 15) is 13.2 Å². The average Bonchev–Trinajstić information content (AvgIpc) is 3.13. The zero-order valence-electron chi connectivity index (χ0n) is 19.2. The van der Waals surface area contributed by atoms with Crippen LogP contribution in [-0.4, -0.2) is 56.9 Å². The van der Waals surface area contributed by atoms with Gasteiger partial charge in [0, 0.05) is 19.5 Å². The summed E-state index contributed by atoms with van der Waals surface area (Å²) in [4.78, 5) is 16.2. The number of hydrogen-bond donors (Lipinski definition) is 1. The van der Waals surface area contributed by atoms with E-state index in [0.29, 0.717) is 42.4 Å². The fraction of sp³-hybridized carbons (Fsp3) is 0.458. The first-order valence-electron chi connectivity index (χ1n) is 11.1. The fourth-order valence-electron chi connectivity index (χ4n) is 4.60. The van der Waals surface area contributed by atoms with Crippen molar-refractivity contribution in [3.05, 3.63) is 58.0 Å². The molecule has 1 fully saturated rings. The zero-order chi connectivity index (χ0) is 23.6. The largest absolute Gasteiger partial charge is 0.493 e. The number of fused-ring (bicyclic) bond motifs is 1. The predicted octanol–water partition coefficient (Wildman–Crippen LogP) is 3.26. The van der Waals surface area contributed by atoms with Crippen molar-refractivity contribution in [2.45, 2.75) is 31.7 Å². The van der Waals surface area contributed by atoms with E-state index in [0.717, 1.165) is 23.9 Å². The first-order valence-corrected chi connectivity index (χ1v) is 13.2. The van der Waals surface area contributed by atoms with Crippen LogP contribution >= 0.6 is 0 Å². The van der Waals surface area contributed by atoms with Crippen molar-refractivity contribution < 1.29 is 22.6 Å². The lowest BCUT2D eigenvalue weighted by Crippen LogP contribution is -2.28. The van der Waals surface area contributed by atoms with E-state index in [4.69, 9.17) is 14.2 Å². The summed E-state index contributed by atoms with van der Waals surface area (Å²) in [6.07, 6.45) is 2.95. The summed E-state index contributed by atoms with van der Waals surface area (Å²) in [5.74, 6) is 1.12. The number of H-pyrrole nitrogens is 1. The van der Waals surface area contributed by atoms with Gasteiger partial charge in [-0.05, 0) is 55.0 Å². The summed E-state index contributed by atoms with van der Waals surface area (Å²) in [6.45, 7) is 3.67. The van der Waals surface area contributed by atoms with Crippen molar-refractivity contribution in [3.63, 3.8) is 0 Å². The summed E-state index contributed by atoms with van der Waals surface area (Å²) >= 11 is 0. The van der Waals surface area contributed by atoms with Gasteiger partial charge in [0.15, 0.2) is 11.5 Å². The van der Waals surface area contributed by atoms with Crippen LogP contribution < -0.4 is 15.2 Å². The molecule has 1 N–H and O–H groups in total. The van der Waals surface area contributed by atoms with Crippen LogP contribution in [0.25, 0.3) is 11.0 Å². The van der Waals surface area contributed by atoms with Gasteiger partial charge < -0.3 is 19.2 Å². The lowest BCUT2D eigenvalue weighted by atomic mass is 9.91. The van der Waals surface area contributed by atoms with Crippen molar-refractivity contribution in [1.29, 1.82) is 0 Å². The number of ether oxygens (including phenoxy) is 3. The molecule has 2 aromatic carbocycles. The van der Waals surface area contributed by atoms with Crippen LogP contribution in [0.3, 0.4) is 0 Å². The molecular formula is C24H30N2O6S. The van der Waals surface area contributed by atoms with Gasteiger partial charge in [-0.3, -0.25) is 4.57 Å². The quantitative estimate of drug-likeness (QED) is 0.538. The molecule has 33 heavy (non-hydrogen) atoms. The van der Waals surface area contributed by atoms with Crippen molar-refractivity contribution in [2.75, 3.05) is 38.9 Å². The Bertz CT molecular complexity index is 1290. The van der Waals surface area contributed by atoms with Crippen molar-refractivity contribution in [3.8, 4) is 11.5 Å². The molecule has 1 aromatic heterocycles. The van der Waals surface area contributed by atoms with Gasteiger partial charge in [-0.2, -0.15) is 0 Å². The molecule has 0 amide bonds. The summed E-state index contributed by atoms with van der Waals surface area (Å²) in [5.41, 5.74) is 2.82. The number of hydrogen-bond acceptors (Lipinski definition) is 6. The Morgan fingerprint density at radius 1 is 1.18 bits per heavy atom. The second-order valence-corrected chi connectivity index (χ2v) is 10.6. The smallest absolute Gasteiger partial charge is 0.327 e. The number of methoxy groups -OCH3 is 1. The number of sulfone groups is 1. The Kier molecular flexibility index (Phi) is 6.81. The number of nitrogens with zero attached hydrogens (tertiary/aromatic N) is 1. The number of imidazole rings is 1. The van der Waals surface area contributed by atoms with Crippen molar-refractivity contribution in [2.24, 2.45) is 0 Å². The van der Waals surface area contributed by atoms with Gasteiger partial charge in [0.1, 0.15) is 9.84 Å². The highest BCUT2D eigenvalue weighted by molar-refractivity contribution is 7.90. The van der Waals surface area contributed by atoms with Gasteiger partial charge in [-0.25, -0.2) is 13.2 Å². The lowest BCUT2D eigenvalue weighted by Gasteiger charge is -2.23. The summed E-state index contributed by atoms with van der Waals surface area (Å²) in [6, 6.07) is 10.4. The molecule has 0 radical (unpaired) electrons. The molecule has 0 aliphatic carbocycles. The average molecular weight is 475 g/mol. The molecule has 8 nitrogen and oxygen atoms in total. The molecule has 1 aliphatic rings. The minimum atomic E-state index is -3.42. The van der Waals surface area contributed by atoms with E-state index in [2.05, 4.69) is 4.98 Å². The third-order valence-electron chi connectivity index (χ3n) is 6.09. The van der Waals surface area contributed by atoms with Crippen LogP contribution in [0.15, 0.2) is 41.2 Å². The fourth-order valence-corrected chi connectivity index (χ4v) is 5.52.